The number of amides is 2. The molecule has 3 aromatic rings. The topological polar surface area (TPSA) is 128 Å². The predicted molar refractivity (Wildman–Crippen MR) is 185 cm³/mol. The van der Waals surface area contributed by atoms with Crippen molar-refractivity contribution in [1.82, 2.24) is 29.2 Å². The summed E-state index contributed by atoms with van der Waals surface area (Å²) in [6, 6.07) is 12.8. The summed E-state index contributed by atoms with van der Waals surface area (Å²) in [6.07, 6.45) is 1.91. The van der Waals surface area contributed by atoms with Gasteiger partial charge in [0.05, 0.1) is 30.2 Å². The summed E-state index contributed by atoms with van der Waals surface area (Å²) >= 11 is 0. The van der Waals surface area contributed by atoms with Crippen molar-refractivity contribution in [2.45, 2.75) is 70.1 Å². The summed E-state index contributed by atoms with van der Waals surface area (Å²) in [4.78, 5) is 28.9. The molecule has 274 valence electrons. The fourth-order valence-corrected chi connectivity index (χ4v) is 8.08. The molecule has 2 N–H and O–H groups in total. The van der Waals surface area contributed by atoms with E-state index in [0.717, 1.165) is 62.5 Å². The summed E-state index contributed by atoms with van der Waals surface area (Å²) in [5.74, 6) is -0.353. The number of aromatic nitrogens is 2. The second-order valence-corrected chi connectivity index (χ2v) is 15.5. The standard InChI is InChI=1S/C36H43F3N6O5S/c1-51(49,50)43-19-15-32-30(24-43)35(41-45(32)23-29(46)22-42-17-13-28(14-18-42)44-16-5-8-34(44)48)26-10-11-31(36(37,38)39)27(20-26)21-40-33(47)12-9-25-6-3-2-4-7-25/h2-4,6-7,9-12,20,28-29,46H,5,8,13-19,21-24H2,1H3,(H,40,47). The average Bonchev–Trinajstić information content (AvgIpc) is 3.69. The zero-order chi connectivity index (χ0) is 36.3. The lowest BCUT2D eigenvalue weighted by atomic mass is 9.97. The molecule has 1 atom stereocenters. The number of hydrogen-bond donors (Lipinski definition) is 2. The molecule has 0 spiro atoms. The Labute approximate surface area is 295 Å². The molecule has 4 heterocycles. The van der Waals surface area contributed by atoms with Crippen molar-refractivity contribution in [3.8, 4) is 11.3 Å². The maximum absolute atomic E-state index is 14.1. The number of aliphatic hydroxyl groups excluding tert-OH is 1. The van der Waals surface area contributed by atoms with E-state index in [-0.39, 0.29) is 37.1 Å². The first-order chi connectivity index (χ1) is 24.3. The number of alkyl halides is 3. The number of piperidine rings is 1. The third kappa shape index (κ3) is 8.88. The summed E-state index contributed by atoms with van der Waals surface area (Å²) in [6.45, 7) is 2.56. The monoisotopic (exact) mass is 728 g/mol. The highest BCUT2D eigenvalue weighted by atomic mass is 32.2. The number of fused-ring (bicyclic) bond motifs is 1. The minimum absolute atomic E-state index is 0.0142. The molecule has 0 bridgehead atoms. The van der Waals surface area contributed by atoms with Gasteiger partial charge in [0, 0.05) is 87.6 Å². The number of sulfonamides is 1. The molecular formula is C36H43F3N6O5S. The molecule has 3 aliphatic heterocycles. The third-order valence-electron chi connectivity index (χ3n) is 9.89. The Morgan fingerprint density at radius 1 is 1.06 bits per heavy atom. The molecule has 3 aliphatic rings. The van der Waals surface area contributed by atoms with E-state index >= 15 is 0 Å². The van der Waals surface area contributed by atoms with Crippen molar-refractivity contribution in [2.24, 2.45) is 0 Å². The van der Waals surface area contributed by atoms with Gasteiger partial charge in [-0.15, -0.1) is 0 Å². The van der Waals surface area contributed by atoms with Crippen LogP contribution in [0.4, 0.5) is 13.2 Å². The molecule has 6 rings (SSSR count). The number of rotatable bonds is 11. The number of nitrogens with one attached hydrogen (secondary N) is 1. The van der Waals surface area contributed by atoms with Crippen molar-refractivity contribution in [3.63, 3.8) is 0 Å². The first-order valence-corrected chi connectivity index (χ1v) is 19.1. The molecule has 0 aliphatic carbocycles. The van der Waals surface area contributed by atoms with Crippen LogP contribution in [0.25, 0.3) is 17.3 Å². The molecule has 15 heteroatoms. The van der Waals surface area contributed by atoms with E-state index in [1.165, 1.54) is 22.5 Å². The van der Waals surface area contributed by atoms with E-state index in [0.29, 0.717) is 36.2 Å². The third-order valence-corrected chi connectivity index (χ3v) is 11.1. The maximum atomic E-state index is 14.1. The maximum Gasteiger partial charge on any atom is 0.416 e. The van der Waals surface area contributed by atoms with Crippen LogP contribution in [0.2, 0.25) is 0 Å². The number of halogens is 3. The number of aliphatic hydroxyl groups is 1. The van der Waals surface area contributed by atoms with Crippen molar-refractivity contribution < 1.29 is 36.3 Å². The first-order valence-electron chi connectivity index (χ1n) is 17.2. The Morgan fingerprint density at radius 2 is 1.80 bits per heavy atom. The van der Waals surface area contributed by atoms with Crippen LogP contribution in [0.3, 0.4) is 0 Å². The summed E-state index contributed by atoms with van der Waals surface area (Å²) < 4.78 is 70.4. The molecule has 0 saturated carbocycles. The number of nitrogens with zero attached hydrogens (tertiary/aromatic N) is 5. The lowest BCUT2D eigenvalue weighted by Gasteiger charge is -2.37. The van der Waals surface area contributed by atoms with Gasteiger partial charge < -0.3 is 20.2 Å². The van der Waals surface area contributed by atoms with Gasteiger partial charge >= 0.3 is 6.18 Å². The molecule has 2 aromatic carbocycles. The van der Waals surface area contributed by atoms with Gasteiger partial charge in [-0.3, -0.25) is 14.3 Å². The van der Waals surface area contributed by atoms with Gasteiger partial charge in [-0.2, -0.15) is 22.6 Å². The van der Waals surface area contributed by atoms with Crippen molar-refractivity contribution in [1.29, 1.82) is 0 Å². The molecule has 2 amide bonds. The Bertz CT molecular complexity index is 1870. The van der Waals surface area contributed by atoms with Gasteiger partial charge in [0.15, 0.2) is 0 Å². The van der Waals surface area contributed by atoms with Crippen molar-refractivity contribution in [2.75, 3.05) is 39.0 Å². The minimum Gasteiger partial charge on any atom is -0.390 e. The van der Waals surface area contributed by atoms with Crippen LogP contribution in [-0.4, -0.2) is 100 Å². The smallest absolute Gasteiger partial charge is 0.390 e. The van der Waals surface area contributed by atoms with Gasteiger partial charge in [-0.1, -0.05) is 36.4 Å². The molecule has 1 unspecified atom stereocenters. The number of benzene rings is 2. The zero-order valence-corrected chi connectivity index (χ0v) is 29.3. The Balaban J connectivity index is 1.22. The number of carbonyl (C=O) groups excluding carboxylic acids is 2. The van der Waals surface area contributed by atoms with E-state index < -0.39 is 40.3 Å². The lowest BCUT2D eigenvalue weighted by Crippen LogP contribution is -2.47. The van der Waals surface area contributed by atoms with E-state index in [2.05, 4.69) is 10.2 Å². The van der Waals surface area contributed by atoms with Gasteiger partial charge in [0.1, 0.15) is 0 Å². The van der Waals surface area contributed by atoms with Gasteiger partial charge in [0.2, 0.25) is 21.8 Å². The van der Waals surface area contributed by atoms with Crippen LogP contribution in [0.5, 0.6) is 0 Å². The van der Waals surface area contributed by atoms with Crippen LogP contribution in [-0.2, 0) is 51.8 Å². The van der Waals surface area contributed by atoms with Crippen LogP contribution in [0.1, 0.15) is 53.6 Å². The number of hydrogen-bond acceptors (Lipinski definition) is 7. The fourth-order valence-electron chi connectivity index (χ4n) is 7.30. The normalized spacial score (nSPS) is 18.8. The van der Waals surface area contributed by atoms with Crippen molar-refractivity contribution in [3.05, 3.63) is 82.6 Å². The lowest BCUT2D eigenvalue weighted by molar-refractivity contribution is -0.138. The number of carbonyl (C=O) groups is 2. The summed E-state index contributed by atoms with van der Waals surface area (Å²) in [7, 11) is -3.58. The Kier molecular flexibility index (Phi) is 11.0. The molecule has 2 fully saturated rings. The van der Waals surface area contributed by atoms with Crippen LogP contribution in [0, 0.1) is 0 Å². The van der Waals surface area contributed by atoms with Gasteiger partial charge in [-0.05, 0) is 48.6 Å². The molecule has 11 nitrogen and oxygen atoms in total. The molecular weight excluding hydrogens is 685 g/mol. The van der Waals surface area contributed by atoms with Crippen LogP contribution in [0.15, 0.2) is 54.6 Å². The average molecular weight is 729 g/mol. The fraction of sp³-hybridized carbons (Fsp3) is 0.472. The number of β-amino-alcohol motifs (C(OH)–C–C–N with tert-alkyl or cyclic N) is 1. The van der Waals surface area contributed by atoms with E-state index in [1.807, 2.05) is 11.0 Å². The largest absolute Gasteiger partial charge is 0.416 e. The van der Waals surface area contributed by atoms with E-state index in [1.54, 1.807) is 35.0 Å². The first kappa shape index (κ1) is 36.7. The van der Waals surface area contributed by atoms with Crippen LogP contribution < -0.4 is 5.32 Å². The SMILES string of the molecule is CS(=O)(=O)N1CCc2c(c(-c3ccc(C(F)(F)F)c(CNC(=O)C=Cc4ccccc4)c3)nn2CC(O)CN2CCC(N3CCCC3=O)CC2)C1. The Morgan fingerprint density at radius 3 is 2.47 bits per heavy atom. The second kappa shape index (κ2) is 15.3. The predicted octanol–water partition coefficient (Wildman–Crippen LogP) is 3.66. The molecule has 2 saturated heterocycles. The second-order valence-electron chi connectivity index (χ2n) is 13.5. The quantitative estimate of drug-likeness (QED) is 0.289. The van der Waals surface area contributed by atoms with Crippen LogP contribution >= 0.6 is 0 Å². The highest BCUT2D eigenvalue weighted by molar-refractivity contribution is 7.88. The highest BCUT2D eigenvalue weighted by Crippen LogP contribution is 2.37. The minimum atomic E-state index is -4.69. The molecule has 1 aromatic heterocycles. The molecule has 0 radical (unpaired) electrons. The zero-order valence-electron chi connectivity index (χ0n) is 28.5. The summed E-state index contributed by atoms with van der Waals surface area (Å²) in [5.41, 5.74) is 1.64. The summed E-state index contributed by atoms with van der Waals surface area (Å²) in [5, 5.41) is 18.5. The Hall–Kier alpha value is -4.05. The highest BCUT2D eigenvalue weighted by Gasteiger charge is 2.35. The van der Waals surface area contributed by atoms with E-state index in [9.17, 15) is 36.3 Å². The van der Waals surface area contributed by atoms with Gasteiger partial charge in [-0.25, -0.2) is 8.42 Å². The van der Waals surface area contributed by atoms with Crippen molar-refractivity contribution >= 4 is 27.9 Å². The van der Waals surface area contributed by atoms with E-state index in [4.69, 9.17) is 5.10 Å². The number of likely N-dealkylation sites (tertiary alicyclic amines) is 2. The van der Waals surface area contributed by atoms with Gasteiger partial charge in [0.25, 0.3) is 0 Å². The molecule has 51 heavy (non-hydrogen) atoms.